The van der Waals surface area contributed by atoms with Crippen molar-refractivity contribution >= 4 is 77.6 Å². The van der Waals surface area contributed by atoms with Crippen molar-refractivity contribution in [1.82, 2.24) is 47.9 Å². The smallest absolute Gasteiger partial charge is 0.252 e. The van der Waals surface area contributed by atoms with Crippen LogP contribution in [0, 0.1) is 6.42 Å². The summed E-state index contributed by atoms with van der Waals surface area (Å²) < 4.78 is 0. The molecule has 0 heterocycles. The maximum atomic E-state index is 11.5. The Labute approximate surface area is 304 Å². The van der Waals surface area contributed by atoms with Crippen molar-refractivity contribution in [2.45, 2.75) is 49.4 Å². The number of hydrogen-bond acceptors (Lipinski definition) is 11. The van der Waals surface area contributed by atoms with Crippen LogP contribution in [0.2, 0.25) is 0 Å². The van der Waals surface area contributed by atoms with E-state index in [0.717, 1.165) is 0 Å². The number of likely N-dealkylation sites (N-methyl/N-ethyl adjacent to an activating group) is 6. The average molecular weight is 770 g/mol. The van der Waals surface area contributed by atoms with Gasteiger partial charge < -0.3 is 59.1 Å². The van der Waals surface area contributed by atoms with Crippen LogP contribution >= 0.6 is 24.4 Å². The first kappa shape index (κ1) is 49.8. The van der Waals surface area contributed by atoms with Crippen LogP contribution < -0.4 is 47.9 Å². The summed E-state index contributed by atoms with van der Waals surface area (Å²) in [5.41, 5.74) is 0. The molecular weight excluding hydrogens is 723 g/mol. The van der Waals surface area contributed by atoms with Gasteiger partial charge in [0, 0.05) is 75.0 Å². The quantitative estimate of drug-likeness (QED) is 0.0486. The average Bonchev–Trinajstić information content (AvgIpc) is 3.05. The third kappa shape index (κ3) is 20.1. The number of hydrogen-bond donors (Lipinski definition) is 10. The summed E-state index contributed by atoms with van der Waals surface area (Å²) >= 11 is 5.23. The van der Waals surface area contributed by atoms with Crippen LogP contribution in [0.3, 0.4) is 0 Å². The summed E-state index contributed by atoms with van der Waals surface area (Å²) in [5.74, 6) is -4.63. The number of rotatable bonds is 13. The summed E-state index contributed by atoms with van der Waals surface area (Å²) in [6, 6.07) is -3.59. The molecule has 0 aliphatic carbocycles. The number of nitrogens with one attached hydrogen (secondary N) is 9. The fraction of sp³-hybridized carbons (Fsp3) is 0.600. The number of amides is 9. The van der Waals surface area contributed by atoms with Gasteiger partial charge in [-0.3, -0.25) is 38.4 Å². The van der Waals surface area contributed by atoms with E-state index in [1.54, 1.807) is 20.1 Å². The first-order valence-electron chi connectivity index (χ1n) is 13.2. The second-order valence-electron chi connectivity index (χ2n) is 8.35. The first-order valence-corrected chi connectivity index (χ1v) is 15.0. The Balaban J connectivity index is -0.000000285. The molecular formula is C25H46N9O9S2Y-. The van der Waals surface area contributed by atoms with Gasteiger partial charge in [0.2, 0.25) is 11.8 Å². The Hall–Kier alpha value is -3.10. The fourth-order valence-corrected chi connectivity index (χ4v) is 2.83. The van der Waals surface area contributed by atoms with Gasteiger partial charge in [-0.1, -0.05) is 0 Å². The van der Waals surface area contributed by atoms with Crippen LogP contribution in [-0.2, 0) is 75.9 Å². The van der Waals surface area contributed by atoms with E-state index in [1.165, 1.54) is 67.4 Å². The van der Waals surface area contributed by atoms with Gasteiger partial charge in [0.15, 0.2) is 18.1 Å². The molecule has 0 saturated heterocycles. The zero-order chi connectivity index (χ0) is 35.9. The largest absolute Gasteiger partial charge is 0.362 e. The van der Waals surface area contributed by atoms with E-state index >= 15 is 0 Å². The van der Waals surface area contributed by atoms with Crippen LogP contribution in [0.5, 0.6) is 0 Å². The van der Waals surface area contributed by atoms with Crippen molar-refractivity contribution in [3.8, 4) is 0 Å². The Morgan fingerprint density at radius 2 is 0.783 bits per heavy atom. The Morgan fingerprint density at radius 3 is 1.00 bits per heavy atom. The third-order valence-corrected chi connectivity index (χ3v) is 6.43. The molecule has 0 aliphatic rings. The van der Waals surface area contributed by atoms with Crippen molar-refractivity contribution in [1.29, 1.82) is 0 Å². The SMILES string of the molecule is CNC(=O)C(NC(=O)C(C)S)C(=O)NC.CNC(=O)C(NC(=O)C(C)SC)C(=O)NC.C[CH-]C(=O)NC(C(=O)NC)C(=O)NC.[Y]. The molecule has 0 bridgehead atoms. The topological polar surface area (TPSA) is 262 Å². The Bertz CT molecular complexity index is 1000. The summed E-state index contributed by atoms with van der Waals surface area (Å²) in [6.45, 7) is 4.76. The molecule has 46 heavy (non-hydrogen) atoms. The molecule has 0 rings (SSSR count). The molecule has 0 aromatic heterocycles. The van der Waals surface area contributed by atoms with E-state index in [0.29, 0.717) is 0 Å². The van der Waals surface area contributed by atoms with Crippen LogP contribution in [0.25, 0.3) is 0 Å². The first-order chi connectivity index (χ1) is 21.0. The number of thioether (sulfide) groups is 1. The summed E-state index contributed by atoms with van der Waals surface area (Å²) in [5, 5.41) is 19.8. The summed E-state index contributed by atoms with van der Waals surface area (Å²) in [6.07, 6.45) is 3.01. The van der Waals surface area contributed by atoms with Gasteiger partial charge in [-0.15, -0.1) is 0 Å². The van der Waals surface area contributed by atoms with Gasteiger partial charge in [-0.2, -0.15) is 31.3 Å². The van der Waals surface area contributed by atoms with Crippen LogP contribution in [-0.4, -0.2) is 130 Å². The van der Waals surface area contributed by atoms with Gasteiger partial charge in [0.1, 0.15) is 0 Å². The van der Waals surface area contributed by atoms with E-state index in [9.17, 15) is 43.2 Å². The van der Waals surface area contributed by atoms with Crippen molar-refractivity contribution < 1.29 is 75.9 Å². The molecule has 2 unspecified atom stereocenters. The van der Waals surface area contributed by atoms with Crippen LogP contribution in [0.4, 0.5) is 0 Å². The standard InChI is InChI=1S/C9H17N3O3S.C8H15N3O3S.C8H14N3O3.Y/c1-5(16-4)7(13)12-6(8(14)10-2)9(15)11-3;1-4(15)6(12)11-5(7(13)9-2)8(14)10-3;1-4-5(12)11-6(7(13)9-2)8(14)10-3;/h5-6H,1-4H3,(H,10,14)(H,11,15)(H,12,13);4-5,15H,1-3H3,(H,9,13)(H,10,14)(H,11,12);4,6H,1-3H3,(H,9,13)(H,10,14)(H,11,12);/q;;-1;. The van der Waals surface area contributed by atoms with Gasteiger partial charge >= 0.3 is 0 Å². The third-order valence-electron chi connectivity index (χ3n) is 5.28. The zero-order valence-electron chi connectivity index (χ0n) is 27.6. The van der Waals surface area contributed by atoms with Gasteiger partial charge in [0.05, 0.1) is 16.4 Å². The molecule has 9 N–H and O–H groups in total. The van der Waals surface area contributed by atoms with Crippen LogP contribution in [0.1, 0.15) is 20.8 Å². The molecule has 0 aromatic carbocycles. The zero-order valence-corrected chi connectivity index (χ0v) is 32.1. The molecule has 0 aromatic rings. The van der Waals surface area contributed by atoms with E-state index in [-0.39, 0.29) is 43.9 Å². The van der Waals surface area contributed by atoms with Crippen molar-refractivity contribution in [2.75, 3.05) is 48.5 Å². The number of carbonyl (C=O) groups excluding carboxylic acids is 9. The molecule has 261 valence electrons. The summed E-state index contributed by atoms with van der Waals surface area (Å²) in [4.78, 5) is 101. The predicted molar refractivity (Wildman–Crippen MR) is 172 cm³/mol. The van der Waals surface area contributed by atoms with Crippen molar-refractivity contribution in [2.24, 2.45) is 0 Å². The summed E-state index contributed by atoms with van der Waals surface area (Å²) in [7, 11) is 8.36. The second kappa shape index (κ2) is 28.2. The maximum absolute atomic E-state index is 11.5. The van der Waals surface area contributed by atoms with E-state index in [1.807, 2.05) is 0 Å². The molecule has 1 radical (unpaired) electrons. The molecule has 9 amide bonds. The second-order valence-corrected chi connectivity index (χ2v) is 10.3. The normalized spacial score (nSPS) is 10.7. The predicted octanol–water partition coefficient (Wildman–Crippen LogP) is -4.82. The van der Waals surface area contributed by atoms with Gasteiger partial charge in [0.25, 0.3) is 35.4 Å². The molecule has 0 saturated carbocycles. The van der Waals surface area contributed by atoms with Crippen molar-refractivity contribution in [3.63, 3.8) is 0 Å². The minimum Gasteiger partial charge on any atom is -0.362 e. The molecule has 0 fully saturated rings. The van der Waals surface area contributed by atoms with E-state index in [2.05, 4.69) is 60.5 Å². The van der Waals surface area contributed by atoms with Crippen LogP contribution in [0.15, 0.2) is 0 Å². The Kier molecular flexibility index (Phi) is 30.5. The minimum atomic E-state index is -1.22. The number of carbonyl (C=O) groups is 9. The fourth-order valence-electron chi connectivity index (χ4n) is 2.47. The molecule has 0 spiro atoms. The van der Waals surface area contributed by atoms with Crippen molar-refractivity contribution in [3.05, 3.63) is 6.42 Å². The molecule has 2 atom stereocenters. The molecule has 0 aliphatic heterocycles. The van der Waals surface area contributed by atoms with Gasteiger partial charge in [-0.05, 0) is 20.1 Å². The van der Waals surface area contributed by atoms with E-state index in [4.69, 9.17) is 0 Å². The minimum absolute atomic E-state index is 0. The van der Waals surface area contributed by atoms with E-state index < -0.39 is 70.6 Å². The van der Waals surface area contributed by atoms with Gasteiger partial charge in [-0.25, -0.2) is 0 Å². The molecule has 21 heteroatoms. The Morgan fingerprint density at radius 1 is 0.522 bits per heavy atom. The monoisotopic (exact) mass is 769 g/mol. The molecule has 18 nitrogen and oxygen atoms in total. The number of thiol groups is 1. The maximum Gasteiger partial charge on any atom is 0.252 e.